The highest BCUT2D eigenvalue weighted by atomic mass is 79.9. The van der Waals surface area contributed by atoms with Gasteiger partial charge in [-0.2, -0.15) is 0 Å². The second kappa shape index (κ2) is 4.07. The fourth-order valence-corrected chi connectivity index (χ4v) is 2.98. The fraction of sp³-hybridized carbons (Fsp3) is 0.250. The average molecular weight is 313 g/mol. The zero-order valence-corrected chi connectivity index (χ0v) is 11.3. The summed E-state index contributed by atoms with van der Waals surface area (Å²) in [5.74, 6) is 0.291. The van der Waals surface area contributed by atoms with Gasteiger partial charge in [0.2, 0.25) is 0 Å². The van der Waals surface area contributed by atoms with Crippen LogP contribution < -0.4 is 5.73 Å². The van der Waals surface area contributed by atoms with Crippen molar-refractivity contribution in [1.82, 2.24) is 4.98 Å². The van der Waals surface area contributed by atoms with Crippen molar-refractivity contribution in [3.8, 4) is 11.3 Å². The summed E-state index contributed by atoms with van der Waals surface area (Å²) in [4.78, 5) is 4.52. The van der Waals surface area contributed by atoms with Crippen molar-refractivity contribution in [3.05, 3.63) is 33.5 Å². The molecule has 2 aromatic rings. The molecule has 3 rings (SSSR count). The minimum atomic E-state index is -0.289. The second-order valence-corrected chi connectivity index (χ2v) is 6.08. The number of nitrogen functional groups attached to an aromatic ring is 1. The van der Waals surface area contributed by atoms with E-state index in [0.717, 1.165) is 10.6 Å². The summed E-state index contributed by atoms with van der Waals surface area (Å²) in [6, 6.07) is 4.97. The van der Waals surface area contributed by atoms with Gasteiger partial charge in [-0.05, 0) is 40.9 Å². The van der Waals surface area contributed by atoms with Crippen molar-refractivity contribution < 1.29 is 4.39 Å². The zero-order valence-electron chi connectivity index (χ0n) is 8.91. The summed E-state index contributed by atoms with van der Waals surface area (Å²) in [7, 11) is 0. The third-order valence-electron chi connectivity index (χ3n) is 2.79. The van der Waals surface area contributed by atoms with Crippen LogP contribution >= 0.6 is 27.3 Å². The Labute approximate surface area is 111 Å². The minimum absolute atomic E-state index is 0.289. The molecule has 2 N–H and O–H groups in total. The maximum atomic E-state index is 13.5. The zero-order chi connectivity index (χ0) is 12.0. The van der Waals surface area contributed by atoms with Crippen LogP contribution in [-0.2, 0) is 0 Å². The van der Waals surface area contributed by atoms with Crippen LogP contribution in [0.2, 0.25) is 0 Å². The van der Waals surface area contributed by atoms with Crippen LogP contribution in [0.4, 0.5) is 9.39 Å². The topological polar surface area (TPSA) is 38.9 Å². The number of benzene rings is 1. The quantitative estimate of drug-likeness (QED) is 0.903. The number of rotatable bonds is 2. The van der Waals surface area contributed by atoms with E-state index in [1.807, 2.05) is 6.07 Å². The van der Waals surface area contributed by atoms with Crippen LogP contribution in [0.15, 0.2) is 22.7 Å². The molecule has 2 nitrogen and oxygen atoms in total. The lowest BCUT2D eigenvalue weighted by Gasteiger charge is -2.00. The molecule has 88 valence electrons. The normalized spacial score (nSPS) is 15.2. The molecule has 0 spiro atoms. The van der Waals surface area contributed by atoms with E-state index in [1.54, 1.807) is 6.07 Å². The molecule has 0 aliphatic heterocycles. The number of halogens is 2. The molecule has 1 fully saturated rings. The highest BCUT2D eigenvalue weighted by molar-refractivity contribution is 9.10. The highest BCUT2D eigenvalue weighted by Crippen LogP contribution is 2.45. The van der Waals surface area contributed by atoms with Gasteiger partial charge in [0.1, 0.15) is 16.5 Å². The molecule has 1 saturated carbocycles. The SMILES string of the molecule is Nc1sc(C2CC2)nc1-c1ccc(Br)c(F)c1. The Kier molecular flexibility index (Phi) is 2.67. The molecule has 0 saturated heterocycles. The van der Waals surface area contributed by atoms with Gasteiger partial charge in [-0.25, -0.2) is 9.37 Å². The lowest BCUT2D eigenvalue weighted by atomic mass is 10.1. The maximum Gasteiger partial charge on any atom is 0.138 e. The third kappa shape index (κ3) is 2.09. The lowest BCUT2D eigenvalue weighted by Crippen LogP contribution is -1.87. The first-order chi connectivity index (χ1) is 8.15. The fourth-order valence-electron chi connectivity index (χ4n) is 1.70. The summed E-state index contributed by atoms with van der Waals surface area (Å²) in [6.45, 7) is 0. The van der Waals surface area contributed by atoms with E-state index in [2.05, 4.69) is 20.9 Å². The van der Waals surface area contributed by atoms with Gasteiger partial charge in [-0.1, -0.05) is 6.07 Å². The Morgan fingerprint density at radius 1 is 1.41 bits per heavy atom. The summed E-state index contributed by atoms with van der Waals surface area (Å²) in [5.41, 5.74) is 7.40. The monoisotopic (exact) mass is 312 g/mol. The number of nitrogens with two attached hydrogens (primary N) is 1. The van der Waals surface area contributed by atoms with E-state index in [4.69, 9.17) is 5.73 Å². The van der Waals surface area contributed by atoms with Crippen LogP contribution in [0.5, 0.6) is 0 Å². The molecule has 0 atom stereocenters. The van der Waals surface area contributed by atoms with Gasteiger partial charge in [-0.3, -0.25) is 0 Å². The molecule has 1 aromatic heterocycles. The Hall–Kier alpha value is -0.940. The molecule has 17 heavy (non-hydrogen) atoms. The Balaban J connectivity index is 2.04. The van der Waals surface area contributed by atoms with Gasteiger partial charge >= 0.3 is 0 Å². The number of nitrogens with zero attached hydrogens (tertiary/aromatic N) is 1. The Bertz CT molecular complexity index is 578. The Morgan fingerprint density at radius 2 is 2.18 bits per heavy atom. The van der Waals surface area contributed by atoms with E-state index in [0.29, 0.717) is 21.1 Å². The van der Waals surface area contributed by atoms with Gasteiger partial charge in [-0.15, -0.1) is 11.3 Å². The number of hydrogen-bond acceptors (Lipinski definition) is 3. The number of aromatic nitrogens is 1. The van der Waals surface area contributed by atoms with Crippen LogP contribution in [0, 0.1) is 5.82 Å². The molecule has 0 radical (unpaired) electrons. The van der Waals surface area contributed by atoms with Gasteiger partial charge in [0, 0.05) is 11.5 Å². The van der Waals surface area contributed by atoms with Crippen molar-refractivity contribution >= 4 is 32.3 Å². The molecule has 1 aromatic carbocycles. The van der Waals surface area contributed by atoms with Crippen LogP contribution in [0.25, 0.3) is 11.3 Å². The first-order valence-electron chi connectivity index (χ1n) is 5.37. The molecule has 1 aliphatic carbocycles. The lowest BCUT2D eigenvalue weighted by molar-refractivity contribution is 0.621. The predicted molar refractivity (Wildman–Crippen MR) is 71.6 cm³/mol. The van der Waals surface area contributed by atoms with Crippen LogP contribution in [0.1, 0.15) is 23.8 Å². The van der Waals surface area contributed by atoms with Gasteiger partial charge in [0.05, 0.1) is 9.48 Å². The van der Waals surface area contributed by atoms with E-state index >= 15 is 0 Å². The summed E-state index contributed by atoms with van der Waals surface area (Å²) in [6.07, 6.45) is 2.39. The number of hydrogen-bond donors (Lipinski definition) is 1. The first-order valence-corrected chi connectivity index (χ1v) is 6.97. The van der Waals surface area contributed by atoms with E-state index in [1.165, 1.54) is 30.2 Å². The van der Waals surface area contributed by atoms with Crippen molar-refractivity contribution in [2.24, 2.45) is 0 Å². The van der Waals surface area contributed by atoms with Gasteiger partial charge < -0.3 is 5.73 Å². The first kappa shape index (κ1) is 11.2. The van der Waals surface area contributed by atoms with Gasteiger partial charge in [0.15, 0.2) is 0 Å². The third-order valence-corrected chi connectivity index (χ3v) is 4.48. The summed E-state index contributed by atoms with van der Waals surface area (Å²) < 4.78 is 13.9. The standard InChI is InChI=1S/C12H10BrFN2S/c13-8-4-3-7(5-9(8)14)10-11(15)17-12(16-10)6-1-2-6/h3-6H,1-2,15H2. The highest BCUT2D eigenvalue weighted by Gasteiger charge is 2.28. The molecule has 0 unspecified atom stereocenters. The molecular formula is C12H10BrFN2S. The molecule has 5 heteroatoms. The molecule has 1 heterocycles. The minimum Gasteiger partial charge on any atom is -0.389 e. The van der Waals surface area contributed by atoms with Crippen molar-refractivity contribution in [1.29, 1.82) is 0 Å². The summed E-state index contributed by atoms with van der Waals surface area (Å²) >= 11 is 4.66. The van der Waals surface area contributed by atoms with E-state index < -0.39 is 0 Å². The van der Waals surface area contributed by atoms with Crippen molar-refractivity contribution in [2.45, 2.75) is 18.8 Å². The summed E-state index contributed by atoms with van der Waals surface area (Å²) in [5, 5.41) is 1.76. The van der Waals surface area contributed by atoms with E-state index in [9.17, 15) is 4.39 Å². The van der Waals surface area contributed by atoms with E-state index in [-0.39, 0.29) is 5.82 Å². The number of thiazole rings is 1. The Morgan fingerprint density at radius 3 is 2.82 bits per heavy atom. The predicted octanol–water partition coefficient (Wildman–Crippen LogP) is 4.17. The molecule has 0 amide bonds. The molecule has 0 bridgehead atoms. The number of anilines is 1. The second-order valence-electron chi connectivity index (χ2n) is 4.17. The average Bonchev–Trinajstić information content (AvgIpc) is 3.07. The largest absolute Gasteiger partial charge is 0.389 e. The van der Waals surface area contributed by atoms with Crippen molar-refractivity contribution in [3.63, 3.8) is 0 Å². The van der Waals surface area contributed by atoms with Gasteiger partial charge in [0.25, 0.3) is 0 Å². The molecular weight excluding hydrogens is 303 g/mol. The van der Waals surface area contributed by atoms with Crippen LogP contribution in [-0.4, -0.2) is 4.98 Å². The maximum absolute atomic E-state index is 13.5. The van der Waals surface area contributed by atoms with Crippen LogP contribution in [0.3, 0.4) is 0 Å². The van der Waals surface area contributed by atoms with Crippen molar-refractivity contribution in [2.75, 3.05) is 5.73 Å². The molecule has 1 aliphatic rings. The smallest absolute Gasteiger partial charge is 0.138 e.